The summed E-state index contributed by atoms with van der Waals surface area (Å²) in [5.41, 5.74) is 2.53. The van der Waals surface area contributed by atoms with Gasteiger partial charge < -0.3 is 26.1 Å². The highest BCUT2D eigenvalue weighted by Crippen LogP contribution is 2.30. The normalized spacial score (nSPS) is 18.2. The van der Waals surface area contributed by atoms with E-state index in [4.69, 9.17) is 10.6 Å². The zero-order valence-electron chi connectivity index (χ0n) is 20.0. The number of aromatic nitrogens is 2. The molecule has 0 unspecified atom stereocenters. The number of carboxylic acids is 2. The van der Waals surface area contributed by atoms with E-state index in [-0.39, 0.29) is 22.9 Å². The van der Waals surface area contributed by atoms with Crippen molar-refractivity contribution < 1.29 is 43.6 Å². The zero-order valence-corrected chi connectivity index (χ0v) is 21.7. The van der Waals surface area contributed by atoms with Crippen LogP contribution in [0, 0.1) is 0 Å². The smallest absolute Gasteiger partial charge is 0.353 e. The number of hydrogen-bond donors (Lipinski definition) is 5. The Morgan fingerprint density at radius 1 is 1.32 bits per heavy atom. The number of nitrogens with zero attached hydrogens (tertiary/aromatic N) is 4. The number of pyridine rings is 1. The molecule has 3 rings (SSSR count). The number of aldehydes is 1. The van der Waals surface area contributed by atoms with Gasteiger partial charge >= 0.3 is 11.9 Å². The van der Waals surface area contributed by atoms with Gasteiger partial charge in [0.25, 0.3) is 11.8 Å². The summed E-state index contributed by atoms with van der Waals surface area (Å²) in [7, 11) is 0. The van der Waals surface area contributed by atoms with E-state index < -0.39 is 52.2 Å². The summed E-state index contributed by atoms with van der Waals surface area (Å²) in [6, 6.07) is 3.79. The highest BCUT2D eigenvalue weighted by molar-refractivity contribution is 7.81. The van der Waals surface area contributed by atoms with Crippen LogP contribution in [0.2, 0.25) is 0 Å². The number of thiol groups is 1. The number of allylic oxidation sites excluding steroid dienone is 1. The summed E-state index contributed by atoms with van der Waals surface area (Å²) in [6.45, 7) is 2.28. The van der Waals surface area contributed by atoms with E-state index in [1.165, 1.54) is 19.2 Å². The Labute approximate surface area is 224 Å². The molecule has 2 amide bonds. The van der Waals surface area contributed by atoms with Gasteiger partial charge in [-0.2, -0.15) is 12.6 Å². The Balaban J connectivity index is 1.86. The van der Waals surface area contributed by atoms with E-state index in [1.54, 1.807) is 35.2 Å². The number of amides is 2. The fourth-order valence-corrected chi connectivity index (χ4v) is 4.14. The number of hydrogen-bond acceptors (Lipinski definition) is 11. The number of likely N-dealkylation sites (tertiary alicyclic amines) is 1. The van der Waals surface area contributed by atoms with Gasteiger partial charge in [0, 0.05) is 17.5 Å². The van der Waals surface area contributed by atoms with Gasteiger partial charge in [-0.1, -0.05) is 11.2 Å². The first-order valence-electron chi connectivity index (χ1n) is 10.8. The molecular weight excluding hydrogens is 540 g/mol. The lowest BCUT2D eigenvalue weighted by atomic mass is 10.0. The standard InChI is InChI=1S/C22H22N6O8S2/c1-22(2,20(34)35)36-26-13(12-10-38-21(23)24-12)16(30)25-14-17(31)28(18(14)37)15(19(32)33)11(9-29)8-27-6-4-3-5-7-27/h3-7,9-10,14,18H,8H2,1-2H3,(H5-,23,24,25,30,32,33,34,35,37)/p+1/b15-11?,26-13-/t14-,18-/m1/s1. The molecule has 0 bridgehead atoms. The number of nitrogens with two attached hydrogens (primary N) is 1. The molecule has 2 aromatic heterocycles. The number of carboxylic acid groups (broad SMARTS) is 2. The molecule has 5 N–H and O–H groups in total. The van der Waals surface area contributed by atoms with E-state index in [0.29, 0.717) is 6.29 Å². The van der Waals surface area contributed by atoms with Crippen molar-refractivity contribution in [2.75, 3.05) is 5.73 Å². The van der Waals surface area contributed by atoms with Crippen LogP contribution in [0.3, 0.4) is 0 Å². The van der Waals surface area contributed by atoms with E-state index >= 15 is 0 Å². The molecule has 14 nitrogen and oxygen atoms in total. The number of oxime groups is 1. The highest BCUT2D eigenvalue weighted by atomic mass is 32.1. The molecule has 0 aliphatic carbocycles. The second-order valence-corrected chi connectivity index (χ2v) is 9.75. The summed E-state index contributed by atoms with van der Waals surface area (Å²) >= 11 is 5.26. The molecule has 1 fully saturated rings. The van der Waals surface area contributed by atoms with E-state index in [1.807, 2.05) is 0 Å². The highest BCUT2D eigenvalue weighted by Gasteiger charge is 2.51. The van der Waals surface area contributed by atoms with Gasteiger partial charge in [0.15, 0.2) is 36.1 Å². The lowest BCUT2D eigenvalue weighted by Crippen LogP contribution is -2.69. The van der Waals surface area contributed by atoms with Crippen LogP contribution < -0.4 is 15.6 Å². The zero-order chi connectivity index (χ0) is 28.2. The number of nitrogens with one attached hydrogen (secondary N) is 1. The fourth-order valence-electron chi connectivity index (χ4n) is 3.16. The molecule has 0 saturated carbocycles. The number of carbonyl (C=O) groups excluding carboxylic acids is 3. The van der Waals surface area contributed by atoms with Crippen LogP contribution in [-0.4, -0.2) is 72.9 Å². The minimum atomic E-state index is -1.80. The molecule has 1 saturated heterocycles. The van der Waals surface area contributed by atoms with Gasteiger partial charge in [0.1, 0.15) is 22.8 Å². The predicted molar refractivity (Wildman–Crippen MR) is 135 cm³/mol. The van der Waals surface area contributed by atoms with Crippen LogP contribution in [0.5, 0.6) is 0 Å². The van der Waals surface area contributed by atoms with E-state index in [2.05, 4.69) is 28.1 Å². The van der Waals surface area contributed by atoms with Crippen molar-refractivity contribution in [1.29, 1.82) is 0 Å². The Bertz CT molecular complexity index is 1340. The Morgan fingerprint density at radius 2 is 1.97 bits per heavy atom. The lowest BCUT2D eigenvalue weighted by molar-refractivity contribution is -0.688. The van der Waals surface area contributed by atoms with Gasteiger partial charge in [0.2, 0.25) is 5.60 Å². The molecule has 1 aliphatic heterocycles. The van der Waals surface area contributed by atoms with Crippen molar-refractivity contribution in [2.45, 2.75) is 37.4 Å². The molecule has 2 atom stereocenters. The van der Waals surface area contributed by atoms with Crippen molar-refractivity contribution in [1.82, 2.24) is 15.2 Å². The first kappa shape index (κ1) is 28.3. The third kappa shape index (κ3) is 5.97. The molecule has 2 aromatic rings. The summed E-state index contributed by atoms with van der Waals surface area (Å²) in [5.74, 6) is -4.72. The van der Waals surface area contributed by atoms with Crippen LogP contribution in [0.15, 0.2) is 52.4 Å². The van der Waals surface area contributed by atoms with Crippen molar-refractivity contribution in [3.8, 4) is 0 Å². The lowest BCUT2D eigenvalue weighted by Gasteiger charge is -2.44. The number of nitrogen functional groups attached to an aromatic ring is 1. The third-order valence-electron chi connectivity index (χ3n) is 5.23. The number of rotatable bonds is 11. The van der Waals surface area contributed by atoms with Crippen LogP contribution >= 0.6 is 24.0 Å². The van der Waals surface area contributed by atoms with Gasteiger partial charge in [-0.05, 0) is 13.8 Å². The largest absolute Gasteiger partial charge is 0.478 e. The molecule has 0 spiro atoms. The van der Waals surface area contributed by atoms with Gasteiger partial charge in [-0.15, -0.1) is 11.3 Å². The predicted octanol–water partition coefficient (Wildman–Crippen LogP) is -0.583. The first-order valence-corrected chi connectivity index (χ1v) is 12.2. The monoisotopic (exact) mass is 563 g/mol. The minimum Gasteiger partial charge on any atom is -0.478 e. The second kappa shape index (κ2) is 11.4. The molecule has 200 valence electrons. The average molecular weight is 564 g/mol. The van der Waals surface area contributed by atoms with Crippen molar-refractivity contribution >= 4 is 64.8 Å². The summed E-state index contributed by atoms with van der Waals surface area (Å²) < 4.78 is 1.55. The van der Waals surface area contributed by atoms with Crippen LogP contribution in [-0.2, 0) is 35.4 Å². The molecule has 0 aromatic carbocycles. The third-order valence-corrected chi connectivity index (χ3v) is 6.44. The number of aliphatic carboxylic acids is 2. The molecule has 38 heavy (non-hydrogen) atoms. The fraction of sp³-hybridized carbons (Fsp3) is 0.273. The van der Waals surface area contributed by atoms with E-state index in [9.17, 15) is 34.2 Å². The Morgan fingerprint density at radius 3 is 2.47 bits per heavy atom. The molecule has 0 radical (unpaired) electrons. The number of anilines is 1. The Hall–Kier alpha value is -4.31. The van der Waals surface area contributed by atoms with Crippen LogP contribution in [0.25, 0.3) is 0 Å². The van der Waals surface area contributed by atoms with E-state index in [0.717, 1.165) is 16.2 Å². The second-order valence-electron chi connectivity index (χ2n) is 8.34. The van der Waals surface area contributed by atoms with Gasteiger partial charge in [-0.25, -0.2) is 19.1 Å². The van der Waals surface area contributed by atoms with Crippen molar-refractivity contribution in [3.63, 3.8) is 0 Å². The maximum absolute atomic E-state index is 13.0. The molecule has 1 aliphatic rings. The van der Waals surface area contributed by atoms with Crippen LogP contribution in [0.4, 0.5) is 5.13 Å². The van der Waals surface area contributed by atoms with Gasteiger partial charge in [0.05, 0.1) is 5.57 Å². The molecule has 16 heteroatoms. The van der Waals surface area contributed by atoms with Crippen LogP contribution in [0.1, 0.15) is 19.5 Å². The topological polar surface area (TPSA) is 205 Å². The average Bonchev–Trinajstić information content (AvgIpc) is 3.30. The van der Waals surface area contributed by atoms with Gasteiger partial charge in [-0.3, -0.25) is 19.3 Å². The summed E-state index contributed by atoms with van der Waals surface area (Å²) in [5, 5.41) is 25.3. The summed E-state index contributed by atoms with van der Waals surface area (Å²) in [4.78, 5) is 70.9. The maximum Gasteiger partial charge on any atom is 0.353 e. The Kier molecular flexibility index (Phi) is 8.47. The maximum atomic E-state index is 13.0. The SMILES string of the molecule is CC(C)(O/N=C(\C(=O)N[C@@H]1C(=O)N(C(C(=O)O)=C(C=O)C[n+]2ccccc2)[C@@H]1S)c1csc(N)n1)C(=O)O. The quantitative estimate of drug-likeness (QED) is 0.0447. The molecular formula is C22H23N6O8S2+. The number of thiazole rings is 1. The number of β-lactam (4-membered cyclic amide) rings is 1. The minimum absolute atomic E-state index is 0.0419. The number of carbonyl (C=O) groups is 5. The van der Waals surface area contributed by atoms with Crippen molar-refractivity contribution in [3.05, 3.63) is 52.9 Å². The molecule has 3 heterocycles. The summed E-state index contributed by atoms with van der Waals surface area (Å²) in [6.07, 6.45) is 3.56. The van der Waals surface area contributed by atoms with Crippen molar-refractivity contribution in [2.24, 2.45) is 5.16 Å². The first-order chi connectivity index (χ1) is 17.9.